The van der Waals surface area contributed by atoms with Crippen molar-refractivity contribution in [1.82, 2.24) is 19.9 Å². The Bertz CT molecular complexity index is 1140. The smallest absolute Gasteiger partial charge is 0.406 e. The predicted molar refractivity (Wildman–Crippen MR) is 121 cm³/mol. The number of hydrogen-bond donors (Lipinski definition) is 1. The van der Waals surface area contributed by atoms with E-state index in [9.17, 15) is 18.0 Å². The van der Waals surface area contributed by atoms with Gasteiger partial charge in [-0.2, -0.15) is 0 Å². The third-order valence-corrected chi connectivity index (χ3v) is 5.54. The van der Waals surface area contributed by atoms with Crippen molar-refractivity contribution >= 4 is 17.4 Å². The van der Waals surface area contributed by atoms with E-state index >= 15 is 0 Å². The second-order valence-electron chi connectivity index (χ2n) is 8.10. The third kappa shape index (κ3) is 5.60. The molecule has 0 radical (unpaired) electrons. The fraction of sp³-hybridized carbons (Fsp3) is 0.304. The molecule has 1 unspecified atom stereocenters. The first-order valence-electron chi connectivity index (χ1n) is 10.5. The number of amides is 1. The molecule has 1 aliphatic heterocycles. The number of hydrogen-bond acceptors (Lipinski definition) is 7. The normalized spacial score (nSPS) is 16.1. The molecule has 4 rings (SSSR count). The van der Waals surface area contributed by atoms with Crippen LogP contribution in [0.3, 0.4) is 0 Å². The lowest BCUT2D eigenvalue weighted by atomic mass is 10.1. The molecule has 1 aromatic carbocycles. The van der Waals surface area contributed by atoms with Crippen molar-refractivity contribution < 1.29 is 22.7 Å². The van der Waals surface area contributed by atoms with Crippen LogP contribution in [0.15, 0.2) is 55.2 Å². The first kappa shape index (κ1) is 23.4. The van der Waals surface area contributed by atoms with E-state index in [1.807, 2.05) is 14.1 Å². The molecular formula is C23H23F3N6O2. The Hall–Kier alpha value is -3.73. The molecule has 1 amide bonds. The summed E-state index contributed by atoms with van der Waals surface area (Å²) in [7, 11) is 4.09. The maximum atomic E-state index is 12.9. The van der Waals surface area contributed by atoms with Crippen LogP contribution < -0.4 is 15.0 Å². The van der Waals surface area contributed by atoms with Crippen LogP contribution in [0.25, 0.3) is 11.1 Å². The van der Waals surface area contributed by atoms with Gasteiger partial charge in [0.1, 0.15) is 17.9 Å². The van der Waals surface area contributed by atoms with Gasteiger partial charge in [0.05, 0.1) is 5.56 Å². The third-order valence-electron chi connectivity index (χ3n) is 5.54. The lowest BCUT2D eigenvalue weighted by Gasteiger charge is -2.23. The number of anilines is 2. The van der Waals surface area contributed by atoms with Crippen molar-refractivity contribution in [2.75, 3.05) is 37.4 Å². The Morgan fingerprint density at radius 2 is 1.85 bits per heavy atom. The van der Waals surface area contributed by atoms with Crippen molar-refractivity contribution in [2.45, 2.75) is 18.8 Å². The van der Waals surface area contributed by atoms with Gasteiger partial charge in [-0.1, -0.05) is 0 Å². The predicted octanol–water partition coefficient (Wildman–Crippen LogP) is 3.83. The largest absolute Gasteiger partial charge is 0.573 e. The van der Waals surface area contributed by atoms with Gasteiger partial charge in [0.15, 0.2) is 0 Å². The first-order valence-corrected chi connectivity index (χ1v) is 10.5. The molecule has 11 heteroatoms. The Kier molecular flexibility index (Phi) is 6.64. The number of ether oxygens (including phenoxy) is 1. The molecule has 1 saturated heterocycles. The number of aromatic nitrogens is 3. The Labute approximate surface area is 194 Å². The fourth-order valence-corrected chi connectivity index (χ4v) is 3.78. The number of benzene rings is 1. The summed E-state index contributed by atoms with van der Waals surface area (Å²) >= 11 is 0. The van der Waals surface area contributed by atoms with Crippen LogP contribution >= 0.6 is 0 Å². The topological polar surface area (TPSA) is 83.5 Å². The molecule has 1 N–H and O–H groups in total. The zero-order valence-corrected chi connectivity index (χ0v) is 18.6. The number of pyridine rings is 1. The number of halogens is 3. The maximum Gasteiger partial charge on any atom is 0.573 e. The molecule has 8 nitrogen and oxygen atoms in total. The molecule has 1 aliphatic rings. The van der Waals surface area contributed by atoms with E-state index in [-0.39, 0.29) is 5.75 Å². The van der Waals surface area contributed by atoms with Gasteiger partial charge in [-0.05, 0) is 50.8 Å². The molecule has 0 aliphatic carbocycles. The highest BCUT2D eigenvalue weighted by Gasteiger charge is 2.31. The highest BCUT2D eigenvalue weighted by molar-refractivity contribution is 6.05. The van der Waals surface area contributed by atoms with Gasteiger partial charge >= 0.3 is 6.36 Å². The van der Waals surface area contributed by atoms with Crippen LogP contribution in [-0.2, 0) is 0 Å². The van der Waals surface area contributed by atoms with Crippen LogP contribution in [0, 0.1) is 0 Å². The summed E-state index contributed by atoms with van der Waals surface area (Å²) in [5.41, 5.74) is 2.06. The van der Waals surface area contributed by atoms with Crippen LogP contribution in [0.5, 0.6) is 5.75 Å². The molecule has 0 spiro atoms. The quantitative estimate of drug-likeness (QED) is 0.584. The van der Waals surface area contributed by atoms with Gasteiger partial charge in [-0.15, -0.1) is 13.2 Å². The summed E-state index contributed by atoms with van der Waals surface area (Å²) in [6, 6.07) is 7.04. The minimum absolute atomic E-state index is 0.293. The number of likely N-dealkylation sites (N-methyl/N-ethyl adjacent to an activating group) is 1. The van der Waals surface area contributed by atoms with Gasteiger partial charge in [-0.3, -0.25) is 4.79 Å². The summed E-state index contributed by atoms with van der Waals surface area (Å²) in [6.07, 6.45) is 2.45. The van der Waals surface area contributed by atoms with Crippen molar-refractivity contribution in [3.8, 4) is 16.9 Å². The van der Waals surface area contributed by atoms with E-state index in [1.165, 1.54) is 24.7 Å². The van der Waals surface area contributed by atoms with Gasteiger partial charge in [0.2, 0.25) is 0 Å². The Morgan fingerprint density at radius 1 is 1.15 bits per heavy atom. The average Bonchev–Trinajstić information content (AvgIpc) is 3.30. The zero-order valence-electron chi connectivity index (χ0n) is 18.6. The molecule has 178 valence electrons. The summed E-state index contributed by atoms with van der Waals surface area (Å²) in [4.78, 5) is 30.0. The number of nitrogens with one attached hydrogen (secondary N) is 1. The van der Waals surface area contributed by atoms with Gasteiger partial charge in [0.25, 0.3) is 5.91 Å². The summed E-state index contributed by atoms with van der Waals surface area (Å²) in [6.45, 7) is 1.63. The molecule has 3 aromatic rings. The van der Waals surface area contributed by atoms with Crippen molar-refractivity contribution in [3.05, 3.63) is 60.8 Å². The van der Waals surface area contributed by atoms with Crippen molar-refractivity contribution in [1.29, 1.82) is 0 Å². The van der Waals surface area contributed by atoms with Gasteiger partial charge < -0.3 is 19.9 Å². The summed E-state index contributed by atoms with van der Waals surface area (Å²) in [5.74, 6) is -0.0805. The number of nitrogens with zero attached hydrogens (tertiary/aromatic N) is 5. The van der Waals surface area contributed by atoms with Crippen LogP contribution in [0.4, 0.5) is 24.7 Å². The molecule has 1 fully saturated rings. The van der Waals surface area contributed by atoms with Crippen LogP contribution in [0.1, 0.15) is 16.8 Å². The van der Waals surface area contributed by atoms with E-state index in [0.717, 1.165) is 48.6 Å². The second-order valence-corrected chi connectivity index (χ2v) is 8.10. The molecule has 0 saturated carbocycles. The molecule has 1 atom stereocenters. The summed E-state index contributed by atoms with van der Waals surface area (Å²) in [5, 5.41) is 2.67. The maximum absolute atomic E-state index is 12.9. The fourth-order valence-electron chi connectivity index (χ4n) is 3.78. The van der Waals surface area contributed by atoms with Crippen molar-refractivity contribution in [3.63, 3.8) is 0 Å². The highest BCUT2D eigenvalue weighted by atomic mass is 19.4. The van der Waals surface area contributed by atoms with E-state index in [2.05, 4.69) is 34.8 Å². The summed E-state index contributed by atoms with van der Waals surface area (Å²) < 4.78 is 40.9. The highest BCUT2D eigenvalue weighted by Crippen LogP contribution is 2.32. The zero-order chi connectivity index (χ0) is 24.3. The van der Waals surface area contributed by atoms with E-state index in [4.69, 9.17) is 0 Å². The lowest BCUT2D eigenvalue weighted by Crippen LogP contribution is -2.32. The molecule has 3 heterocycles. The minimum Gasteiger partial charge on any atom is -0.406 e. The Morgan fingerprint density at radius 3 is 2.47 bits per heavy atom. The second kappa shape index (κ2) is 9.64. The molecule has 34 heavy (non-hydrogen) atoms. The molecular weight excluding hydrogens is 449 g/mol. The first-order chi connectivity index (χ1) is 16.2. The lowest BCUT2D eigenvalue weighted by molar-refractivity contribution is -0.274. The number of carbonyl (C=O) groups excluding carboxylic acids is 1. The van der Waals surface area contributed by atoms with E-state index in [0.29, 0.717) is 17.3 Å². The van der Waals surface area contributed by atoms with Crippen LogP contribution in [-0.4, -0.2) is 65.3 Å². The molecule has 2 aromatic heterocycles. The number of alkyl halides is 3. The van der Waals surface area contributed by atoms with Gasteiger partial charge in [0, 0.05) is 54.5 Å². The Balaban J connectivity index is 1.57. The average molecular weight is 472 g/mol. The van der Waals surface area contributed by atoms with E-state index < -0.39 is 12.3 Å². The van der Waals surface area contributed by atoms with Crippen LogP contribution in [0.2, 0.25) is 0 Å². The SMILES string of the molecule is CN(C)C1CCN(c2ncc(C(=O)Nc3ccc(OC(F)(F)F)cc3)cc2-c2cncnc2)C1. The van der Waals surface area contributed by atoms with Crippen molar-refractivity contribution in [2.24, 2.45) is 0 Å². The standard InChI is InChI=1S/C23H23F3N6O2/c1-31(2)18-7-8-32(13-18)21-20(16-10-27-14-28-11-16)9-15(12-29-21)22(33)30-17-3-5-19(6-4-17)34-23(24,25)26/h3-6,9-12,14,18H,7-8,13H2,1-2H3,(H,30,33). The minimum atomic E-state index is -4.78. The van der Waals surface area contributed by atoms with Gasteiger partial charge in [-0.25, -0.2) is 15.0 Å². The van der Waals surface area contributed by atoms with E-state index in [1.54, 1.807) is 18.5 Å². The molecule has 0 bridgehead atoms. The monoisotopic (exact) mass is 472 g/mol. The number of rotatable bonds is 6. The number of carbonyl (C=O) groups is 1.